The first-order valence-electron chi connectivity index (χ1n) is 8.10. The second kappa shape index (κ2) is 7.75. The van der Waals surface area contributed by atoms with Gasteiger partial charge in [0.05, 0.1) is 13.2 Å². The molecule has 0 unspecified atom stereocenters. The Labute approximate surface area is 139 Å². The normalized spacial score (nSPS) is 21.5. The number of likely N-dealkylation sites (tertiary alicyclic amines) is 1. The second-order valence-electron chi connectivity index (χ2n) is 6.98. The van der Waals surface area contributed by atoms with Gasteiger partial charge < -0.3 is 9.47 Å². The maximum atomic E-state index is 12.4. The van der Waals surface area contributed by atoms with Gasteiger partial charge in [-0.3, -0.25) is 9.69 Å². The zero-order valence-corrected chi connectivity index (χ0v) is 14.3. The van der Waals surface area contributed by atoms with Crippen LogP contribution in [-0.4, -0.2) is 42.2 Å². The van der Waals surface area contributed by atoms with E-state index in [0.717, 1.165) is 12.1 Å². The Kier molecular flexibility index (Phi) is 5.97. The summed E-state index contributed by atoms with van der Waals surface area (Å²) in [6, 6.07) is 9.82. The molecule has 0 N–H and O–H groups in total. The molecule has 0 aliphatic carbocycles. The van der Waals surface area contributed by atoms with E-state index >= 15 is 0 Å². The third-order valence-electron chi connectivity index (χ3n) is 3.76. The van der Waals surface area contributed by atoms with Crippen molar-refractivity contribution in [3.05, 3.63) is 48.6 Å². The Bertz CT molecular complexity index is 521. The lowest BCUT2D eigenvalue weighted by molar-refractivity contribution is -0.173. The molecule has 0 amide bonds. The first kappa shape index (κ1) is 17.7. The first-order valence-corrected chi connectivity index (χ1v) is 8.10. The predicted molar refractivity (Wildman–Crippen MR) is 91.0 cm³/mol. The van der Waals surface area contributed by atoms with Crippen molar-refractivity contribution in [1.29, 1.82) is 0 Å². The topological polar surface area (TPSA) is 38.8 Å². The summed E-state index contributed by atoms with van der Waals surface area (Å²) >= 11 is 0. The summed E-state index contributed by atoms with van der Waals surface area (Å²) in [5, 5.41) is 0. The number of ether oxygens (including phenoxy) is 2. The van der Waals surface area contributed by atoms with E-state index in [9.17, 15) is 4.79 Å². The third kappa shape index (κ3) is 5.19. The number of carbonyl (C=O) groups is 1. The Hall–Kier alpha value is -1.65. The fourth-order valence-electron chi connectivity index (χ4n) is 2.78. The molecule has 0 radical (unpaired) electrons. The molecule has 23 heavy (non-hydrogen) atoms. The molecule has 1 aliphatic heterocycles. The Morgan fingerprint density at radius 1 is 1.35 bits per heavy atom. The average Bonchev–Trinajstić information content (AvgIpc) is 2.44. The van der Waals surface area contributed by atoms with Gasteiger partial charge in [0, 0.05) is 19.0 Å². The van der Waals surface area contributed by atoms with Gasteiger partial charge in [-0.25, -0.2) is 0 Å². The highest BCUT2D eigenvalue weighted by molar-refractivity contribution is 5.78. The average molecular weight is 317 g/mol. The van der Waals surface area contributed by atoms with Gasteiger partial charge in [-0.05, 0) is 26.3 Å². The van der Waals surface area contributed by atoms with E-state index in [1.807, 2.05) is 57.2 Å². The van der Waals surface area contributed by atoms with Crippen molar-refractivity contribution in [3.8, 4) is 0 Å². The van der Waals surface area contributed by atoms with Crippen LogP contribution in [-0.2, 0) is 20.9 Å². The van der Waals surface area contributed by atoms with Crippen molar-refractivity contribution < 1.29 is 14.3 Å². The molecule has 0 bridgehead atoms. The van der Waals surface area contributed by atoms with Crippen LogP contribution in [0.25, 0.3) is 0 Å². The van der Waals surface area contributed by atoms with E-state index < -0.39 is 5.60 Å². The minimum atomic E-state index is -0.470. The summed E-state index contributed by atoms with van der Waals surface area (Å²) in [5.41, 5.74) is 0.672. The summed E-state index contributed by atoms with van der Waals surface area (Å²) in [6.07, 6.45) is 1.82. The summed E-state index contributed by atoms with van der Waals surface area (Å²) in [7, 11) is 0. The number of carbonyl (C=O) groups excluding carboxylic acids is 1. The third-order valence-corrected chi connectivity index (χ3v) is 3.76. The predicted octanol–water partition coefficient (Wildman–Crippen LogP) is 3.03. The fourth-order valence-corrected chi connectivity index (χ4v) is 2.78. The molecule has 1 saturated heterocycles. The van der Waals surface area contributed by atoms with Gasteiger partial charge in [0.15, 0.2) is 0 Å². The van der Waals surface area contributed by atoms with Crippen molar-refractivity contribution in [1.82, 2.24) is 4.90 Å². The monoisotopic (exact) mass is 317 g/mol. The van der Waals surface area contributed by atoms with Crippen molar-refractivity contribution in [2.24, 2.45) is 5.92 Å². The van der Waals surface area contributed by atoms with Crippen LogP contribution in [0.3, 0.4) is 0 Å². The molecule has 1 aromatic carbocycles. The first-order chi connectivity index (χ1) is 10.9. The molecule has 4 nitrogen and oxygen atoms in total. The molecule has 0 saturated carbocycles. The van der Waals surface area contributed by atoms with Crippen LogP contribution >= 0.6 is 0 Å². The molecule has 2 rings (SSSR count). The maximum absolute atomic E-state index is 12.4. The largest absolute Gasteiger partial charge is 0.459 e. The number of nitrogens with zero attached hydrogens (tertiary/aromatic N) is 1. The van der Waals surface area contributed by atoms with Crippen LogP contribution in [0.15, 0.2) is 43.0 Å². The Morgan fingerprint density at radius 3 is 2.65 bits per heavy atom. The zero-order valence-electron chi connectivity index (χ0n) is 14.3. The summed E-state index contributed by atoms with van der Waals surface area (Å²) < 4.78 is 11.3. The van der Waals surface area contributed by atoms with Crippen LogP contribution in [0.5, 0.6) is 0 Å². The number of rotatable bonds is 7. The lowest BCUT2D eigenvalue weighted by atomic mass is 9.89. The minimum absolute atomic E-state index is 0.168. The molecular formula is C19H27NO3. The number of hydrogen-bond acceptors (Lipinski definition) is 4. The molecule has 2 atom stereocenters. The van der Waals surface area contributed by atoms with Gasteiger partial charge in [-0.2, -0.15) is 0 Å². The van der Waals surface area contributed by atoms with Gasteiger partial charge >= 0.3 is 5.97 Å². The molecule has 1 aliphatic rings. The van der Waals surface area contributed by atoms with Gasteiger partial charge in [0.25, 0.3) is 0 Å². The lowest BCUT2D eigenvalue weighted by Crippen LogP contribution is -2.62. The van der Waals surface area contributed by atoms with Gasteiger partial charge in [-0.15, -0.1) is 6.58 Å². The number of hydrogen-bond donors (Lipinski definition) is 0. The van der Waals surface area contributed by atoms with Gasteiger partial charge in [0.2, 0.25) is 0 Å². The van der Waals surface area contributed by atoms with Crippen molar-refractivity contribution in [3.63, 3.8) is 0 Å². The van der Waals surface area contributed by atoms with Crippen LogP contribution in [0.2, 0.25) is 0 Å². The molecule has 1 fully saturated rings. The number of esters is 1. The van der Waals surface area contributed by atoms with E-state index in [2.05, 4.69) is 11.5 Å². The highest BCUT2D eigenvalue weighted by Gasteiger charge is 2.45. The Balaban J connectivity index is 1.87. The smallest absolute Gasteiger partial charge is 0.324 e. The SMILES string of the molecule is C=CCN1C[C@@H](COCc2ccccc2)[C@H]1C(=O)OC(C)(C)C. The summed E-state index contributed by atoms with van der Waals surface area (Å²) in [4.78, 5) is 14.5. The molecular weight excluding hydrogens is 290 g/mol. The quantitative estimate of drug-likeness (QED) is 0.572. The van der Waals surface area contributed by atoms with Crippen molar-refractivity contribution >= 4 is 5.97 Å². The lowest BCUT2D eigenvalue weighted by Gasteiger charge is -2.46. The molecule has 0 aromatic heterocycles. The second-order valence-corrected chi connectivity index (χ2v) is 6.98. The van der Waals surface area contributed by atoms with Crippen molar-refractivity contribution in [2.75, 3.05) is 19.7 Å². The summed E-state index contributed by atoms with van der Waals surface area (Å²) in [5.74, 6) is 0.00687. The van der Waals surface area contributed by atoms with Crippen molar-refractivity contribution in [2.45, 2.75) is 39.0 Å². The number of benzene rings is 1. The maximum Gasteiger partial charge on any atom is 0.324 e. The van der Waals surface area contributed by atoms with Gasteiger partial charge in [0.1, 0.15) is 11.6 Å². The zero-order chi connectivity index (χ0) is 16.9. The van der Waals surface area contributed by atoms with Crippen LogP contribution < -0.4 is 0 Å². The summed E-state index contributed by atoms with van der Waals surface area (Å²) in [6.45, 7) is 12.1. The van der Waals surface area contributed by atoms with E-state index in [1.54, 1.807) is 0 Å². The van der Waals surface area contributed by atoms with Gasteiger partial charge in [-0.1, -0.05) is 36.4 Å². The molecule has 0 spiro atoms. The van der Waals surface area contributed by atoms with E-state index in [1.165, 1.54) is 0 Å². The standard InChI is InChI=1S/C19H27NO3/c1-5-11-20-12-16(17(20)18(21)23-19(2,3)4)14-22-13-15-9-7-6-8-10-15/h5-10,16-17H,1,11-14H2,2-4H3/t16-,17-/m0/s1. The van der Waals surface area contributed by atoms with Crippen LogP contribution in [0.4, 0.5) is 0 Å². The van der Waals surface area contributed by atoms with E-state index in [0.29, 0.717) is 19.8 Å². The van der Waals surface area contributed by atoms with E-state index in [4.69, 9.17) is 9.47 Å². The molecule has 1 heterocycles. The molecule has 126 valence electrons. The van der Waals surface area contributed by atoms with Crippen LogP contribution in [0.1, 0.15) is 26.3 Å². The minimum Gasteiger partial charge on any atom is -0.459 e. The van der Waals surface area contributed by atoms with E-state index in [-0.39, 0.29) is 17.9 Å². The molecule has 4 heteroatoms. The van der Waals surface area contributed by atoms with Crippen LogP contribution in [0, 0.1) is 5.92 Å². The Morgan fingerprint density at radius 2 is 2.04 bits per heavy atom. The molecule has 1 aromatic rings. The fraction of sp³-hybridized carbons (Fsp3) is 0.526. The highest BCUT2D eigenvalue weighted by atomic mass is 16.6. The highest BCUT2D eigenvalue weighted by Crippen LogP contribution is 2.28.